The van der Waals surface area contributed by atoms with E-state index in [1.54, 1.807) is 30.3 Å². The zero-order chi connectivity index (χ0) is 19.2. The number of nitrogens with zero attached hydrogens (tertiary/aromatic N) is 3. The molecule has 0 radical (unpaired) electrons. The third-order valence-corrected chi connectivity index (χ3v) is 4.05. The molecule has 1 heterocycles. The molecule has 0 aliphatic heterocycles. The molecule has 3 rings (SSSR count). The summed E-state index contributed by atoms with van der Waals surface area (Å²) in [6, 6.07) is 14.4. The molecule has 0 bridgehead atoms. The zero-order valence-electron chi connectivity index (χ0n) is 14.9. The van der Waals surface area contributed by atoms with Crippen molar-refractivity contribution >= 4 is 23.3 Å². The first-order valence-corrected chi connectivity index (χ1v) is 8.75. The summed E-state index contributed by atoms with van der Waals surface area (Å²) in [5.74, 6) is 0.826. The van der Waals surface area contributed by atoms with Crippen LogP contribution in [0.1, 0.15) is 11.5 Å². The molecule has 0 saturated heterocycles. The van der Waals surface area contributed by atoms with Gasteiger partial charge in [0.1, 0.15) is 6.54 Å². The van der Waals surface area contributed by atoms with Crippen LogP contribution in [0.15, 0.2) is 65.7 Å². The Morgan fingerprint density at radius 3 is 2.78 bits per heavy atom. The lowest BCUT2D eigenvalue weighted by Crippen LogP contribution is -2.34. The van der Waals surface area contributed by atoms with Crippen molar-refractivity contribution in [1.29, 1.82) is 0 Å². The van der Waals surface area contributed by atoms with Gasteiger partial charge in [0.15, 0.2) is 0 Å². The number of hydrogen-bond donors (Lipinski definition) is 1. The molecule has 0 unspecified atom stereocenters. The topological polar surface area (TPSA) is 71.3 Å². The van der Waals surface area contributed by atoms with Crippen LogP contribution in [0.3, 0.4) is 0 Å². The second-order valence-electron chi connectivity index (χ2n) is 5.99. The van der Waals surface area contributed by atoms with E-state index in [4.69, 9.17) is 16.1 Å². The van der Waals surface area contributed by atoms with Gasteiger partial charge in [-0.3, -0.25) is 0 Å². The van der Waals surface area contributed by atoms with E-state index >= 15 is 0 Å². The van der Waals surface area contributed by atoms with Crippen molar-refractivity contribution in [2.24, 2.45) is 0 Å². The normalized spacial score (nSPS) is 10.4. The average molecular weight is 383 g/mol. The van der Waals surface area contributed by atoms with E-state index in [0.717, 1.165) is 11.1 Å². The summed E-state index contributed by atoms with van der Waals surface area (Å²) in [7, 11) is 0. The van der Waals surface area contributed by atoms with Gasteiger partial charge in [-0.05, 0) is 25.1 Å². The van der Waals surface area contributed by atoms with Gasteiger partial charge in [-0.1, -0.05) is 58.7 Å². The number of nitrogens with one attached hydrogen (secondary N) is 1. The molecular formula is C20H19ClN4O2. The molecule has 0 aliphatic rings. The van der Waals surface area contributed by atoms with Gasteiger partial charge in [0, 0.05) is 22.8 Å². The van der Waals surface area contributed by atoms with Crippen molar-refractivity contribution < 1.29 is 9.32 Å². The Hall–Kier alpha value is -3.12. The maximum absolute atomic E-state index is 12.6. The number of benzene rings is 2. The molecule has 6 nitrogen and oxygen atoms in total. The van der Waals surface area contributed by atoms with Crippen molar-refractivity contribution in [3.63, 3.8) is 0 Å². The largest absolute Gasteiger partial charge is 0.337 e. The van der Waals surface area contributed by atoms with Gasteiger partial charge in [0.25, 0.3) is 0 Å². The summed E-state index contributed by atoms with van der Waals surface area (Å²) < 4.78 is 5.31. The molecule has 27 heavy (non-hydrogen) atoms. The Balaban J connectivity index is 1.71. The Morgan fingerprint density at radius 2 is 2.07 bits per heavy atom. The highest BCUT2D eigenvalue weighted by Crippen LogP contribution is 2.18. The maximum Gasteiger partial charge on any atom is 0.322 e. The van der Waals surface area contributed by atoms with Crippen molar-refractivity contribution in [2.45, 2.75) is 13.5 Å². The Morgan fingerprint density at radius 1 is 1.30 bits per heavy atom. The fraction of sp³-hybridized carbons (Fsp3) is 0.150. The van der Waals surface area contributed by atoms with Crippen LogP contribution in [0.4, 0.5) is 10.5 Å². The second-order valence-corrected chi connectivity index (χ2v) is 6.42. The fourth-order valence-electron chi connectivity index (χ4n) is 2.45. The molecule has 7 heteroatoms. The number of halogens is 1. The minimum absolute atomic E-state index is 0.164. The van der Waals surface area contributed by atoms with E-state index in [1.165, 1.54) is 4.90 Å². The van der Waals surface area contributed by atoms with E-state index in [-0.39, 0.29) is 12.6 Å². The van der Waals surface area contributed by atoms with E-state index in [2.05, 4.69) is 22.0 Å². The second kappa shape index (κ2) is 8.51. The van der Waals surface area contributed by atoms with Crippen molar-refractivity contribution in [3.05, 3.63) is 77.7 Å². The predicted octanol–water partition coefficient (Wildman–Crippen LogP) is 4.92. The number of aryl methyl sites for hydroxylation is 1. The van der Waals surface area contributed by atoms with E-state index in [0.29, 0.717) is 29.0 Å². The number of rotatable bonds is 6. The van der Waals surface area contributed by atoms with Crippen LogP contribution in [0.2, 0.25) is 5.02 Å². The third kappa shape index (κ3) is 4.95. The highest BCUT2D eigenvalue weighted by molar-refractivity contribution is 6.30. The van der Waals surface area contributed by atoms with E-state index in [1.807, 2.05) is 31.2 Å². The first-order chi connectivity index (χ1) is 13.0. The van der Waals surface area contributed by atoms with Gasteiger partial charge >= 0.3 is 6.03 Å². The van der Waals surface area contributed by atoms with Crippen LogP contribution in [0.25, 0.3) is 11.4 Å². The molecule has 1 aromatic heterocycles. The number of urea groups is 1. The van der Waals surface area contributed by atoms with E-state index < -0.39 is 0 Å². The summed E-state index contributed by atoms with van der Waals surface area (Å²) in [6.07, 6.45) is 1.63. The quantitative estimate of drug-likeness (QED) is 0.614. The standard InChI is InChI=1S/C20H19ClN4O2/c1-3-11-25(20(26)22-17-6-4-5-16(21)12-17)13-18-23-19(24-27-18)15-9-7-14(2)8-10-15/h3-10,12H,1,11,13H2,2H3,(H,22,26). The van der Waals surface area contributed by atoms with Gasteiger partial charge in [0.05, 0.1) is 0 Å². The number of carbonyl (C=O) groups excluding carboxylic acids is 1. The molecule has 0 fully saturated rings. The molecule has 2 amide bonds. The smallest absolute Gasteiger partial charge is 0.322 e. The molecule has 2 aromatic carbocycles. The minimum atomic E-state index is -0.313. The first kappa shape index (κ1) is 18.7. The van der Waals surface area contributed by atoms with Crippen LogP contribution in [-0.2, 0) is 6.54 Å². The maximum atomic E-state index is 12.6. The van der Waals surface area contributed by atoms with Crippen LogP contribution in [0.5, 0.6) is 0 Å². The first-order valence-electron chi connectivity index (χ1n) is 8.37. The van der Waals surface area contributed by atoms with Gasteiger partial charge < -0.3 is 14.7 Å². The Labute approximate surface area is 162 Å². The number of anilines is 1. The summed E-state index contributed by atoms with van der Waals surface area (Å²) in [5, 5.41) is 7.34. The summed E-state index contributed by atoms with van der Waals surface area (Å²) >= 11 is 5.96. The highest BCUT2D eigenvalue weighted by atomic mass is 35.5. The average Bonchev–Trinajstić information content (AvgIpc) is 3.10. The third-order valence-electron chi connectivity index (χ3n) is 3.82. The highest BCUT2D eigenvalue weighted by Gasteiger charge is 2.17. The van der Waals surface area contributed by atoms with Gasteiger partial charge in [-0.25, -0.2) is 4.79 Å². The molecule has 0 atom stereocenters. The molecular weight excluding hydrogens is 364 g/mol. The zero-order valence-corrected chi connectivity index (χ0v) is 15.6. The van der Waals surface area contributed by atoms with Crippen LogP contribution in [-0.4, -0.2) is 27.6 Å². The summed E-state index contributed by atoms with van der Waals surface area (Å²) in [5.41, 5.74) is 2.61. The molecule has 0 saturated carbocycles. The predicted molar refractivity (Wildman–Crippen MR) is 106 cm³/mol. The van der Waals surface area contributed by atoms with Crippen molar-refractivity contribution in [1.82, 2.24) is 15.0 Å². The lowest BCUT2D eigenvalue weighted by Gasteiger charge is -2.19. The van der Waals surface area contributed by atoms with Crippen LogP contribution >= 0.6 is 11.6 Å². The lowest BCUT2D eigenvalue weighted by atomic mass is 10.1. The Kier molecular flexibility index (Phi) is 5.88. The number of carbonyl (C=O) groups is 1. The van der Waals surface area contributed by atoms with Crippen LogP contribution in [0, 0.1) is 6.92 Å². The molecule has 3 aromatic rings. The van der Waals surface area contributed by atoms with E-state index in [9.17, 15) is 4.79 Å². The monoisotopic (exact) mass is 382 g/mol. The fourth-order valence-corrected chi connectivity index (χ4v) is 2.64. The number of aromatic nitrogens is 2. The van der Waals surface area contributed by atoms with Crippen LogP contribution < -0.4 is 5.32 Å². The SMILES string of the molecule is C=CCN(Cc1nc(-c2ccc(C)cc2)no1)C(=O)Nc1cccc(Cl)c1. The molecule has 138 valence electrons. The van der Waals surface area contributed by atoms with Crippen molar-refractivity contribution in [3.8, 4) is 11.4 Å². The summed E-state index contributed by atoms with van der Waals surface area (Å²) in [4.78, 5) is 18.5. The molecule has 1 N–H and O–H groups in total. The summed E-state index contributed by atoms with van der Waals surface area (Å²) in [6.45, 7) is 6.20. The lowest BCUT2D eigenvalue weighted by molar-refractivity contribution is 0.206. The number of hydrogen-bond acceptors (Lipinski definition) is 4. The van der Waals surface area contributed by atoms with Gasteiger partial charge in [0.2, 0.25) is 11.7 Å². The number of amides is 2. The Bertz CT molecular complexity index is 937. The van der Waals surface area contributed by atoms with Gasteiger partial charge in [-0.15, -0.1) is 6.58 Å². The molecule has 0 aliphatic carbocycles. The van der Waals surface area contributed by atoms with Crippen molar-refractivity contribution in [2.75, 3.05) is 11.9 Å². The van der Waals surface area contributed by atoms with Gasteiger partial charge in [-0.2, -0.15) is 4.98 Å². The molecule has 0 spiro atoms. The minimum Gasteiger partial charge on any atom is -0.337 e.